The first-order chi connectivity index (χ1) is 10.0. The minimum atomic E-state index is -0.315. The highest BCUT2D eigenvalue weighted by atomic mass is 35.5. The van der Waals surface area contributed by atoms with E-state index in [0.717, 1.165) is 0 Å². The van der Waals surface area contributed by atoms with Gasteiger partial charge in [0.25, 0.3) is 5.91 Å². The molecule has 0 spiro atoms. The van der Waals surface area contributed by atoms with E-state index in [1.54, 1.807) is 32.0 Å². The normalized spacial score (nSPS) is 9.90. The van der Waals surface area contributed by atoms with Crippen LogP contribution < -0.4 is 11.1 Å². The summed E-state index contributed by atoms with van der Waals surface area (Å²) in [4.78, 5) is 12.3. The minimum absolute atomic E-state index is 0.236. The fraction of sp³-hybridized carbons (Fsp3) is 0.200. The van der Waals surface area contributed by atoms with Crippen molar-refractivity contribution in [2.45, 2.75) is 13.8 Å². The Kier molecular flexibility index (Phi) is 4.63. The van der Waals surface area contributed by atoms with E-state index in [1.165, 1.54) is 0 Å². The van der Waals surface area contributed by atoms with Crippen molar-refractivity contribution in [3.63, 3.8) is 0 Å². The third-order valence-corrected chi connectivity index (χ3v) is 3.05. The number of rotatable bonds is 2. The molecule has 0 aliphatic heterocycles. The van der Waals surface area contributed by atoms with Crippen LogP contribution in [0.1, 0.15) is 27.4 Å². The maximum atomic E-state index is 12.3. The first-order valence-corrected chi connectivity index (χ1v) is 6.63. The van der Waals surface area contributed by atoms with Crippen LogP contribution in [0.15, 0.2) is 22.7 Å². The Morgan fingerprint density at radius 3 is 2.86 bits per heavy atom. The molecule has 21 heavy (non-hydrogen) atoms. The third kappa shape index (κ3) is 3.43. The second kappa shape index (κ2) is 6.44. The molecule has 0 aliphatic carbocycles. The van der Waals surface area contributed by atoms with E-state index in [4.69, 9.17) is 21.9 Å². The molecule has 0 saturated carbocycles. The SMILES string of the molecule is Cc1noc(C)c1C(=O)Nc1cc(Cl)ccc1C#CCN. The van der Waals surface area contributed by atoms with Gasteiger partial charge in [-0.3, -0.25) is 4.79 Å². The van der Waals surface area contributed by atoms with Gasteiger partial charge in [0.1, 0.15) is 11.3 Å². The average Bonchev–Trinajstić information content (AvgIpc) is 2.77. The van der Waals surface area contributed by atoms with Crippen molar-refractivity contribution in [3.05, 3.63) is 45.8 Å². The van der Waals surface area contributed by atoms with Crippen molar-refractivity contribution in [2.24, 2.45) is 5.73 Å². The molecule has 0 fully saturated rings. The molecule has 5 nitrogen and oxygen atoms in total. The van der Waals surface area contributed by atoms with Gasteiger partial charge in [-0.15, -0.1) is 0 Å². The van der Waals surface area contributed by atoms with Crippen LogP contribution in [0.3, 0.4) is 0 Å². The Morgan fingerprint density at radius 1 is 1.48 bits per heavy atom. The van der Waals surface area contributed by atoms with Gasteiger partial charge in [-0.1, -0.05) is 28.6 Å². The van der Waals surface area contributed by atoms with E-state index in [2.05, 4.69) is 22.3 Å². The minimum Gasteiger partial charge on any atom is -0.361 e. The monoisotopic (exact) mass is 303 g/mol. The zero-order valence-electron chi connectivity index (χ0n) is 11.7. The van der Waals surface area contributed by atoms with Gasteiger partial charge in [0.2, 0.25) is 0 Å². The quantitative estimate of drug-likeness (QED) is 0.835. The summed E-state index contributed by atoms with van der Waals surface area (Å²) in [7, 11) is 0. The first kappa shape index (κ1) is 15.1. The molecular formula is C15H14ClN3O2. The highest BCUT2D eigenvalue weighted by molar-refractivity contribution is 6.31. The molecule has 3 N–H and O–H groups in total. The highest BCUT2D eigenvalue weighted by Crippen LogP contribution is 2.22. The summed E-state index contributed by atoms with van der Waals surface area (Å²) in [5, 5.41) is 7.04. The number of nitrogens with two attached hydrogens (primary N) is 1. The smallest absolute Gasteiger partial charge is 0.261 e. The zero-order valence-corrected chi connectivity index (χ0v) is 12.4. The van der Waals surface area contributed by atoms with Crippen LogP contribution in [0.2, 0.25) is 5.02 Å². The molecule has 1 amide bonds. The van der Waals surface area contributed by atoms with E-state index in [0.29, 0.717) is 33.3 Å². The second-order valence-electron chi connectivity index (χ2n) is 4.35. The topological polar surface area (TPSA) is 81.2 Å². The van der Waals surface area contributed by atoms with Gasteiger partial charge in [-0.25, -0.2) is 0 Å². The molecule has 0 saturated heterocycles. The zero-order chi connectivity index (χ0) is 15.4. The summed E-state index contributed by atoms with van der Waals surface area (Å²) in [5.74, 6) is 5.78. The summed E-state index contributed by atoms with van der Waals surface area (Å²) >= 11 is 5.97. The second-order valence-corrected chi connectivity index (χ2v) is 4.79. The molecule has 2 rings (SSSR count). The molecule has 1 aromatic carbocycles. The molecule has 6 heteroatoms. The van der Waals surface area contributed by atoms with Gasteiger partial charge in [0, 0.05) is 10.6 Å². The summed E-state index contributed by atoms with van der Waals surface area (Å²) in [6.45, 7) is 3.63. The average molecular weight is 304 g/mol. The molecule has 108 valence electrons. The van der Waals surface area contributed by atoms with Gasteiger partial charge in [-0.2, -0.15) is 0 Å². The Bertz CT molecular complexity index is 722. The lowest BCUT2D eigenvalue weighted by molar-refractivity contribution is 0.102. The van der Waals surface area contributed by atoms with Crippen molar-refractivity contribution in [3.8, 4) is 11.8 Å². The lowest BCUT2D eigenvalue weighted by Crippen LogP contribution is -2.14. The van der Waals surface area contributed by atoms with Crippen molar-refractivity contribution in [1.29, 1.82) is 0 Å². The number of hydrogen-bond acceptors (Lipinski definition) is 4. The summed E-state index contributed by atoms with van der Waals surface area (Å²) in [6.07, 6.45) is 0. The fourth-order valence-corrected chi connectivity index (χ4v) is 2.04. The van der Waals surface area contributed by atoms with E-state index in [1.807, 2.05) is 0 Å². The van der Waals surface area contributed by atoms with Crippen molar-refractivity contribution in [1.82, 2.24) is 5.16 Å². The number of anilines is 1. The number of halogens is 1. The standard InChI is InChI=1S/C15H14ClN3O2/c1-9-14(10(2)21-19-9)15(20)18-13-8-12(16)6-5-11(13)4-3-7-17/h5-6,8H,7,17H2,1-2H3,(H,18,20). The van der Waals surface area contributed by atoms with E-state index >= 15 is 0 Å². The predicted octanol–water partition coefficient (Wildman–Crippen LogP) is 2.51. The number of aryl methyl sites for hydroxylation is 2. The summed E-state index contributed by atoms with van der Waals surface area (Å²) < 4.78 is 4.99. The maximum absolute atomic E-state index is 12.3. The predicted molar refractivity (Wildman–Crippen MR) is 81.3 cm³/mol. The van der Waals surface area contributed by atoms with Crippen LogP contribution in [-0.2, 0) is 0 Å². The molecule has 0 aliphatic rings. The maximum Gasteiger partial charge on any atom is 0.261 e. The van der Waals surface area contributed by atoms with Gasteiger partial charge >= 0.3 is 0 Å². The highest BCUT2D eigenvalue weighted by Gasteiger charge is 2.18. The lowest BCUT2D eigenvalue weighted by atomic mass is 10.1. The molecule has 1 aromatic heterocycles. The van der Waals surface area contributed by atoms with Crippen molar-refractivity contribution >= 4 is 23.2 Å². The fourth-order valence-electron chi connectivity index (χ4n) is 1.87. The number of nitrogens with zero attached hydrogens (tertiary/aromatic N) is 1. The molecular weight excluding hydrogens is 290 g/mol. The van der Waals surface area contributed by atoms with Crippen LogP contribution in [0.5, 0.6) is 0 Å². The van der Waals surface area contributed by atoms with E-state index in [9.17, 15) is 4.79 Å². The Hall–Kier alpha value is -2.29. The summed E-state index contributed by atoms with van der Waals surface area (Å²) in [5.41, 5.74) is 7.47. The lowest BCUT2D eigenvalue weighted by Gasteiger charge is -2.08. The van der Waals surface area contributed by atoms with Crippen LogP contribution in [0.4, 0.5) is 5.69 Å². The number of amides is 1. The van der Waals surface area contributed by atoms with Crippen molar-refractivity contribution < 1.29 is 9.32 Å². The van der Waals surface area contributed by atoms with E-state index in [-0.39, 0.29) is 12.5 Å². The number of nitrogens with one attached hydrogen (secondary N) is 1. The third-order valence-electron chi connectivity index (χ3n) is 2.82. The van der Waals surface area contributed by atoms with Gasteiger partial charge < -0.3 is 15.6 Å². The molecule has 0 atom stereocenters. The number of hydrogen-bond donors (Lipinski definition) is 2. The van der Waals surface area contributed by atoms with Crippen molar-refractivity contribution in [2.75, 3.05) is 11.9 Å². The van der Waals surface area contributed by atoms with Gasteiger partial charge in [0.05, 0.1) is 17.9 Å². The Labute approximate surface area is 127 Å². The molecule has 2 aromatic rings. The van der Waals surface area contributed by atoms with Crippen LogP contribution in [0, 0.1) is 25.7 Å². The van der Waals surface area contributed by atoms with Crippen LogP contribution in [0.25, 0.3) is 0 Å². The van der Waals surface area contributed by atoms with Gasteiger partial charge in [-0.05, 0) is 32.0 Å². The Morgan fingerprint density at radius 2 is 2.24 bits per heavy atom. The van der Waals surface area contributed by atoms with Gasteiger partial charge in [0.15, 0.2) is 0 Å². The van der Waals surface area contributed by atoms with E-state index < -0.39 is 0 Å². The van der Waals surface area contributed by atoms with Crippen LogP contribution >= 0.6 is 11.6 Å². The number of aromatic nitrogens is 1. The number of carbonyl (C=O) groups excluding carboxylic acids is 1. The summed E-state index contributed by atoms with van der Waals surface area (Å²) in [6, 6.07) is 5.07. The number of carbonyl (C=O) groups is 1. The largest absolute Gasteiger partial charge is 0.361 e. The van der Waals surface area contributed by atoms with Crippen LogP contribution in [-0.4, -0.2) is 17.6 Å². The molecule has 0 unspecified atom stereocenters. The molecule has 0 bridgehead atoms. The molecule has 0 radical (unpaired) electrons. The Balaban J connectivity index is 2.35. The molecule has 1 heterocycles. The number of benzene rings is 1. The first-order valence-electron chi connectivity index (χ1n) is 6.25.